The topological polar surface area (TPSA) is 324 Å². The molecule has 0 aliphatic carbocycles. The maximum absolute atomic E-state index is 13.7. The molecule has 2 fully saturated rings. The third-order valence-electron chi connectivity index (χ3n) is 10.1. The average Bonchev–Trinajstić information content (AvgIpc) is 3.32. The van der Waals surface area contributed by atoms with Crippen LogP contribution in [-0.4, -0.2) is 151 Å². The number of hydrogen-bond acceptors (Lipinski definition) is 17. The number of carbonyl (C=O) groups is 4. The van der Waals surface area contributed by atoms with Gasteiger partial charge in [-0.2, -0.15) is 25.4 Å². The summed E-state index contributed by atoms with van der Waals surface area (Å²) in [5.74, 6) is -4.37. The van der Waals surface area contributed by atoms with Crippen molar-refractivity contribution in [2.45, 2.75) is 29.4 Å². The fourth-order valence-corrected chi connectivity index (χ4v) is 13.5. The first-order chi connectivity index (χ1) is 32.5. The van der Waals surface area contributed by atoms with Gasteiger partial charge in [0.1, 0.15) is 9.79 Å². The van der Waals surface area contributed by atoms with Crippen LogP contribution in [-0.2, 0) is 64.1 Å². The maximum Gasteiger partial charge on any atom is 0.315 e. The highest BCUT2D eigenvalue weighted by Crippen LogP contribution is 2.34. The highest BCUT2D eigenvalue weighted by Gasteiger charge is 2.32. The molecule has 0 bridgehead atoms. The molecule has 2 aliphatic rings. The Morgan fingerprint density at radius 3 is 1.35 bits per heavy atom. The number of esters is 1. The molecule has 370 valence electrons. The van der Waals surface area contributed by atoms with Crippen LogP contribution in [0, 0.1) is 0 Å². The van der Waals surface area contributed by atoms with Gasteiger partial charge in [0.2, 0.25) is 20.0 Å². The molecule has 4 aromatic rings. The second kappa shape index (κ2) is 22.2. The number of morpholine rings is 2. The Morgan fingerprint density at radius 1 is 0.594 bits per heavy atom. The molecule has 2 saturated heterocycles. The number of amides is 2. The molecular weight excluding hydrogens is 1030 g/mol. The first-order valence-corrected chi connectivity index (χ1v) is 27.7. The molecule has 0 atom stereocenters. The van der Waals surface area contributed by atoms with E-state index in [0.29, 0.717) is 0 Å². The van der Waals surface area contributed by atoms with E-state index in [2.05, 4.69) is 15.4 Å². The molecular formula is C41H42N4O18S6. The minimum atomic E-state index is -5.06. The number of thioether (sulfide) groups is 2. The summed E-state index contributed by atoms with van der Waals surface area (Å²) in [6.07, 6.45) is 2.15. The van der Waals surface area contributed by atoms with Crippen molar-refractivity contribution in [3.05, 3.63) is 95.1 Å². The minimum absolute atomic E-state index is 0.00845. The molecule has 69 heavy (non-hydrogen) atoms. The van der Waals surface area contributed by atoms with Crippen molar-refractivity contribution >= 4 is 111 Å². The normalized spacial score (nSPS) is 15.4. The van der Waals surface area contributed by atoms with Gasteiger partial charge in [-0.25, -0.2) is 16.8 Å². The van der Waals surface area contributed by atoms with Crippen LogP contribution in [0.2, 0.25) is 0 Å². The highest BCUT2D eigenvalue weighted by atomic mass is 32.2. The van der Waals surface area contributed by atoms with E-state index in [0.717, 1.165) is 76.4 Å². The summed E-state index contributed by atoms with van der Waals surface area (Å²) in [4.78, 5) is 48.2. The van der Waals surface area contributed by atoms with Crippen molar-refractivity contribution in [1.82, 2.24) is 8.61 Å². The van der Waals surface area contributed by atoms with Crippen LogP contribution in [0.4, 0.5) is 11.4 Å². The zero-order valence-corrected chi connectivity index (χ0v) is 40.9. The zero-order valence-electron chi connectivity index (χ0n) is 36.0. The number of aliphatic carboxylic acids is 1. The molecule has 0 aromatic heterocycles. The summed E-state index contributed by atoms with van der Waals surface area (Å²) in [5.41, 5.74) is -1.21. The van der Waals surface area contributed by atoms with Crippen molar-refractivity contribution in [1.29, 1.82) is 0 Å². The zero-order chi connectivity index (χ0) is 50.3. The number of ether oxygens (including phenoxy) is 3. The summed E-state index contributed by atoms with van der Waals surface area (Å²) >= 11 is 1.60. The first-order valence-electron chi connectivity index (χ1n) is 20.0. The standard InChI is InChI=1S/C41H42N4O18S6/c1-61-39(48)25-65-33-11-7-29(21-37(33)67(53,54)45-14-18-63-19-15-45)41(50)43-31-9-5-27(35(23-31)69(58,59)60)3-2-26-4-8-30(22-34(26)68(55,56)57)42-40(49)28-6-10-32(64-24-38(46)47)36(20-28)66(51,52)44-12-16-62-17-13-44/h2-11,20-23H,12-19,24-25H2,1H3,(H,42,49)(H,43,50)(H,46,47)(H,55,56,57)(H,58,59,60). The summed E-state index contributed by atoms with van der Waals surface area (Å²) in [7, 11) is -17.4. The Labute approximate surface area is 405 Å². The summed E-state index contributed by atoms with van der Waals surface area (Å²) in [5, 5.41) is 14.1. The molecule has 5 N–H and O–H groups in total. The lowest BCUT2D eigenvalue weighted by Crippen LogP contribution is -2.40. The van der Waals surface area contributed by atoms with Crippen LogP contribution in [0.3, 0.4) is 0 Å². The van der Waals surface area contributed by atoms with Crippen molar-refractivity contribution in [2.75, 3.05) is 81.9 Å². The van der Waals surface area contributed by atoms with Gasteiger partial charge in [-0.3, -0.25) is 28.3 Å². The lowest BCUT2D eigenvalue weighted by atomic mass is 10.1. The van der Waals surface area contributed by atoms with E-state index < -0.39 is 79.6 Å². The monoisotopic (exact) mass is 1070 g/mol. The van der Waals surface area contributed by atoms with E-state index in [-0.39, 0.29) is 112 Å². The third-order valence-corrected chi connectivity index (χ3v) is 18.1. The SMILES string of the molecule is COC(=O)CSc1ccc(C(=O)Nc2ccc(C=Cc3ccc(NC(=O)c4ccc(SCC(=O)O)c(S(=O)(=O)N5CCOCC5)c4)cc3S(=O)(=O)O)c(S(=O)(=O)O)c2)cc1S(=O)(=O)N1CCOCC1. The van der Waals surface area contributed by atoms with E-state index in [1.165, 1.54) is 47.8 Å². The van der Waals surface area contributed by atoms with Crippen molar-refractivity contribution in [2.24, 2.45) is 0 Å². The molecule has 22 nitrogen and oxygen atoms in total. The molecule has 0 saturated carbocycles. The van der Waals surface area contributed by atoms with E-state index in [1.54, 1.807) is 0 Å². The van der Waals surface area contributed by atoms with Gasteiger partial charge < -0.3 is 30.0 Å². The van der Waals surface area contributed by atoms with Crippen LogP contribution in [0.15, 0.2) is 102 Å². The summed E-state index contributed by atoms with van der Waals surface area (Å²) < 4.78 is 143. The number of methoxy groups -OCH3 is 1. The van der Waals surface area contributed by atoms with E-state index in [4.69, 9.17) is 9.47 Å². The van der Waals surface area contributed by atoms with Crippen LogP contribution in [0.5, 0.6) is 0 Å². The van der Waals surface area contributed by atoms with Gasteiger partial charge in [-0.1, -0.05) is 24.3 Å². The third kappa shape index (κ3) is 13.3. The molecule has 2 amide bonds. The van der Waals surface area contributed by atoms with E-state index >= 15 is 0 Å². The first kappa shape index (κ1) is 53.1. The second-order valence-corrected chi connectivity index (χ2v) is 23.2. The number of carbonyl (C=O) groups excluding carboxylic acids is 3. The predicted octanol–water partition coefficient (Wildman–Crippen LogP) is 3.34. The van der Waals surface area contributed by atoms with E-state index in [1.807, 2.05) is 0 Å². The van der Waals surface area contributed by atoms with Crippen LogP contribution in [0.1, 0.15) is 31.8 Å². The van der Waals surface area contributed by atoms with Crippen molar-refractivity contribution < 1.29 is 81.3 Å². The molecule has 6 rings (SSSR count). The number of anilines is 2. The van der Waals surface area contributed by atoms with Gasteiger partial charge in [0.25, 0.3) is 32.1 Å². The molecule has 0 radical (unpaired) electrons. The number of rotatable bonds is 18. The van der Waals surface area contributed by atoms with E-state index in [9.17, 15) is 67.1 Å². The summed E-state index contributed by atoms with van der Waals surface area (Å²) in [6.45, 7) is 0.567. The fourth-order valence-electron chi connectivity index (χ4n) is 6.66. The number of nitrogens with one attached hydrogen (secondary N) is 2. The molecule has 28 heteroatoms. The Bertz CT molecular complexity index is 3150. The Morgan fingerprint density at radius 2 is 0.986 bits per heavy atom. The second-order valence-electron chi connectivity index (χ2n) is 14.6. The molecule has 0 unspecified atom stereocenters. The maximum atomic E-state index is 13.7. The van der Waals surface area contributed by atoms with Crippen molar-refractivity contribution in [3.63, 3.8) is 0 Å². The van der Waals surface area contributed by atoms with Crippen molar-refractivity contribution in [3.8, 4) is 0 Å². The number of carboxylic acids is 1. The molecule has 2 aliphatic heterocycles. The number of nitrogens with zero attached hydrogens (tertiary/aromatic N) is 2. The van der Waals surface area contributed by atoms with Crippen LogP contribution >= 0.6 is 23.5 Å². The minimum Gasteiger partial charge on any atom is -0.481 e. The Kier molecular flexibility index (Phi) is 17.1. The quantitative estimate of drug-likeness (QED) is 0.0413. The lowest BCUT2D eigenvalue weighted by Gasteiger charge is -2.27. The Balaban J connectivity index is 1.25. The van der Waals surface area contributed by atoms with Gasteiger partial charge in [0.05, 0.1) is 54.8 Å². The van der Waals surface area contributed by atoms with Gasteiger partial charge >= 0.3 is 11.9 Å². The van der Waals surface area contributed by atoms with Crippen LogP contribution in [0.25, 0.3) is 12.2 Å². The highest BCUT2D eigenvalue weighted by molar-refractivity contribution is 8.01. The number of sulfonamides is 2. The molecule has 2 heterocycles. The summed E-state index contributed by atoms with van der Waals surface area (Å²) in [6, 6.07) is 13.8. The number of hydrogen-bond donors (Lipinski definition) is 5. The smallest absolute Gasteiger partial charge is 0.315 e. The van der Waals surface area contributed by atoms with Gasteiger partial charge in [-0.05, 0) is 71.8 Å². The fraction of sp³-hybridized carbons (Fsp3) is 0.268. The Hall–Kier alpha value is -5.24. The van der Waals surface area contributed by atoms with Gasteiger partial charge in [-0.15, -0.1) is 23.5 Å². The van der Waals surface area contributed by atoms with Gasteiger partial charge in [0.15, 0.2) is 0 Å². The predicted molar refractivity (Wildman–Crippen MR) is 250 cm³/mol. The number of benzene rings is 4. The largest absolute Gasteiger partial charge is 0.481 e. The van der Waals surface area contributed by atoms with Crippen LogP contribution < -0.4 is 10.6 Å². The molecule has 0 spiro atoms. The average molecular weight is 1070 g/mol. The lowest BCUT2D eigenvalue weighted by molar-refractivity contribution is -0.137. The van der Waals surface area contributed by atoms with Gasteiger partial charge in [0, 0.05) is 58.5 Å². The number of carboxylic acid groups (broad SMARTS) is 1. The molecule has 4 aromatic carbocycles.